The molecule has 0 amide bonds. The molecule has 2 aromatic carbocycles. The van der Waals surface area contributed by atoms with Crippen LogP contribution in [-0.4, -0.2) is 26.0 Å². The molecule has 3 rings (SSSR count). The minimum Gasteiger partial charge on any atom is -0.403 e. The van der Waals surface area contributed by atoms with Crippen molar-refractivity contribution in [1.82, 2.24) is 0 Å². The van der Waals surface area contributed by atoms with Gasteiger partial charge in [0.15, 0.2) is 5.70 Å². The molecule has 1 aliphatic rings. The molecule has 0 saturated heterocycles. The van der Waals surface area contributed by atoms with Gasteiger partial charge in [-0.2, -0.15) is 0 Å². The van der Waals surface area contributed by atoms with Crippen LogP contribution < -0.4 is 4.90 Å². The lowest BCUT2D eigenvalue weighted by atomic mass is 10.1. The maximum atomic E-state index is 12.0. The molecule has 1 aliphatic heterocycles. The number of carbonyl (C=O) groups excluding carboxylic acids is 1. The van der Waals surface area contributed by atoms with E-state index in [1.54, 1.807) is 24.3 Å². The number of anilines is 1. The fourth-order valence-corrected chi connectivity index (χ4v) is 2.39. The minimum atomic E-state index is -0.451. The normalized spacial score (nSPS) is 15.6. The summed E-state index contributed by atoms with van der Waals surface area (Å²) >= 11 is 5.85. The second-order valence-electron chi connectivity index (χ2n) is 5.74. The van der Waals surface area contributed by atoms with Crippen molar-refractivity contribution in [3.05, 3.63) is 76.5 Å². The van der Waals surface area contributed by atoms with Crippen molar-refractivity contribution in [3.8, 4) is 0 Å². The van der Waals surface area contributed by atoms with E-state index in [1.165, 1.54) is 0 Å². The Morgan fingerprint density at radius 3 is 2.24 bits per heavy atom. The summed E-state index contributed by atoms with van der Waals surface area (Å²) < 4.78 is 5.18. The number of nitrogens with zero attached hydrogens (tertiary/aromatic N) is 2. The maximum absolute atomic E-state index is 12.0. The van der Waals surface area contributed by atoms with E-state index in [4.69, 9.17) is 16.3 Å². The number of hydrogen-bond donors (Lipinski definition) is 0. The van der Waals surface area contributed by atoms with Crippen molar-refractivity contribution < 1.29 is 9.53 Å². The van der Waals surface area contributed by atoms with Crippen molar-refractivity contribution in [2.45, 2.75) is 0 Å². The van der Waals surface area contributed by atoms with Crippen LogP contribution in [0, 0.1) is 0 Å². The molecule has 4 nitrogen and oxygen atoms in total. The molecule has 0 unspecified atom stereocenters. The SMILES string of the molecule is CN(C)c1ccc(/C=C2N=C(/C=C/c3ccc(Cl)cc3)OC\2=O)cc1. The van der Waals surface area contributed by atoms with Gasteiger partial charge in [0.1, 0.15) is 0 Å². The Balaban J connectivity index is 1.76. The number of halogens is 1. The van der Waals surface area contributed by atoms with Crippen LogP contribution in [0.25, 0.3) is 12.2 Å². The van der Waals surface area contributed by atoms with E-state index in [-0.39, 0.29) is 11.6 Å². The van der Waals surface area contributed by atoms with E-state index in [1.807, 2.05) is 61.5 Å². The summed E-state index contributed by atoms with van der Waals surface area (Å²) in [7, 11) is 3.96. The summed E-state index contributed by atoms with van der Waals surface area (Å²) in [6, 6.07) is 15.2. The van der Waals surface area contributed by atoms with E-state index >= 15 is 0 Å². The van der Waals surface area contributed by atoms with Gasteiger partial charge in [-0.1, -0.05) is 35.9 Å². The summed E-state index contributed by atoms with van der Waals surface area (Å²) in [4.78, 5) is 18.2. The van der Waals surface area contributed by atoms with Crippen LogP contribution in [-0.2, 0) is 9.53 Å². The Kier molecular flexibility index (Phi) is 5.00. The zero-order valence-electron chi connectivity index (χ0n) is 13.9. The van der Waals surface area contributed by atoms with Crippen LogP contribution in [0.5, 0.6) is 0 Å². The van der Waals surface area contributed by atoms with Crippen LogP contribution in [0.2, 0.25) is 5.02 Å². The fourth-order valence-electron chi connectivity index (χ4n) is 2.26. The van der Waals surface area contributed by atoms with E-state index in [2.05, 4.69) is 4.99 Å². The smallest absolute Gasteiger partial charge is 0.363 e. The lowest BCUT2D eigenvalue weighted by molar-refractivity contribution is -0.129. The highest BCUT2D eigenvalue weighted by Gasteiger charge is 2.21. The zero-order chi connectivity index (χ0) is 17.8. The molecule has 0 aliphatic carbocycles. The van der Waals surface area contributed by atoms with E-state index in [9.17, 15) is 4.79 Å². The molecule has 0 radical (unpaired) electrons. The summed E-state index contributed by atoms with van der Waals surface area (Å²) in [5.74, 6) is -0.177. The topological polar surface area (TPSA) is 41.9 Å². The Morgan fingerprint density at radius 1 is 0.960 bits per heavy atom. The van der Waals surface area contributed by atoms with Gasteiger partial charge in [0, 0.05) is 30.9 Å². The molecule has 0 fully saturated rings. The molecular formula is C20H17ClN2O2. The molecule has 0 atom stereocenters. The largest absolute Gasteiger partial charge is 0.403 e. The Bertz CT molecular complexity index is 864. The van der Waals surface area contributed by atoms with Crippen molar-refractivity contribution in [1.29, 1.82) is 0 Å². The van der Waals surface area contributed by atoms with E-state index in [0.717, 1.165) is 16.8 Å². The van der Waals surface area contributed by atoms with Gasteiger partial charge in [-0.3, -0.25) is 0 Å². The molecular weight excluding hydrogens is 336 g/mol. The van der Waals surface area contributed by atoms with Crippen molar-refractivity contribution >= 4 is 41.3 Å². The summed E-state index contributed by atoms with van der Waals surface area (Å²) in [5, 5.41) is 0.673. The summed E-state index contributed by atoms with van der Waals surface area (Å²) in [5.41, 5.74) is 3.21. The summed E-state index contributed by atoms with van der Waals surface area (Å²) in [6.45, 7) is 0. The number of ether oxygens (including phenoxy) is 1. The molecule has 25 heavy (non-hydrogen) atoms. The number of carbonyl (C=O) groups is 1. The zero-order valence-corrected chi connectivity index (χ0v) is 14.7. The molecule has 0 spiro atoms. The highest BCUT2D eigenvalue weighted by atomic mass is 35.5. The molecule has 5 heteroatoms. The first-order valence-electron chi connectivity index (χ1n) is 7.75. The average molecular weight is 353 g/mol. The van der Waals surface area contributed by atoms with Gasteiger partial charge in [-0.05, 0) is 47.5 Å². The van der Waals surface area contributed by atoms with Crippen molar-refractivity contribution in [2.24, 2.45) is 4.99 Å². The second kappa shape index (κ2) is 7.36. The van der Waals surface area contributed by atoms with Crippen LogP contribution in [0.1, 0.15) is 11.1 Å². The molecule has 1 heterocycles. The number of cyclic esters (lactones) is 1. The standard InChI is InChI=1S/C20H17ClN2O2/c1-23(2)17-10-5-15(6-11-17)13-18-20(24)25-19(22-18)12-7-14-3-8-16(21)9-4-14/h3-13H,1-2H3/b12-7+,18-13-. The molecule has 0 N–H and O–H groups in total. The number of aliphatic imine (C=N–C) groups is 1. The van der Waals surface area contributed by atoms with Gasteiger partial charge in [0.25, 0.3) is 0 Å². The molecule has 2 aromatic rings. The monoisotopic (exact) mass is 352 g/mol. The molecule has 0 aromatic heterocycles. The van der Waals surface area contributed by atoms with Crippen LogP contribution in [0.15, 0.2) is 65.3 Å². The van der Waals surface area contributed by atoms with E-state index in [0.29, 0.717) is 5.02 Å². The summed E-state index contributed by atoms with van der Waals surface area (Å²) in [6.07, 6.45) is 5.19. The Hall–Kier alpha value is -2.85. The minimum absolute atomic E-state index is 0.274. The van der Waals surface area contributed by atoms with Gasteiger partial charge in [-0.15, -0.1) is 0 Å². The van der Waals surface area contributed by atoms with Gasteiger partial charge < -0.3 is 9.64 Å². The van der Waals surface area contributed by atoms with Crippen LogP contribution in [0.4, 0.5) is 5.69 Å². The van der Waals surface area contributed by atoms with Gasteiger partial charge in [0.2, 0.25) is 5.90 Å². The van der Waals surface area contributed by atoms with Gasteiger partial charge in [0.05, 0.1) is 0 Å². The van der Waals surface area contributed by atoms with Gasteiger partial charge in [-0.25, -0.2) is 9.79 Å². The third-order valence-corrected chi connectivity index (χ3v) is 3.89. The molecule has 0 saturated carbocycles. The third-order valence-electron chi connectivity index (χ3n) is 3.64. The first-order valence-corrected chi connectivity index (χ1v) is 8.13. The van der Waals surface area contributed by atoms with Gasteiger partial charge >= 0.3 is 5.97 Å². The van der Waals surface area contributed by atoms with Crippen LogP contribution >= 0.6 is 11.6 Å². The number of hydrogen-bond acceptors (Lipinski definition) is 4. The molecule has 126 valence electrons. The second-order valence-corrected chi connectivity index (χ2v) is 6.18. The van der Waals surface area contributed by atoms with E-state index < -0.39 is 5.97 Å². The lowest BCUT2D eigenvalue weighted by Gasteiger charge is -2.11. The first kappa shape index (κ1) is 17.0. The van der Waals surface area contributed by atoms with Crippen LogP contribution in [0.3, 0.4) is 0 Å². The number of esters is 1. The highest BCUT2D eigenvalue weighted by Crippen LogP contribution is 2.19. The van der Waals surface area contributed by atoms with Crippen molar-refractivity contribution in [3.63, 3.8) is 0 Å². The molecule has 0 bridgehead atoms. The Morgan fingerprint density at radius 2 is 1.60 bits per heavy atom. The maximum Gasteiger partial charge on any atom is 0.363 e. The average Bonchev–Trinajstić information content (AvgIpc) is 2.94. The fraction of sp³-hybridized carbons (Fsp3) is 0.100. The van der Waals surface area contributed by atoms with Crippen molar-refractivity contribution in [2.75, 3.05) is 19.0 Å². The number of benzene rings is 2. The predicted molar refractivity (Wildman–Crippen MR) is 103 cm³/mol. The third kappa shape index (κ3) is 4.37. The first-order chi connectivity index (χ1) is 12.0. The number of rotatable bonds is 4. The Labute approximate surface area is 151 Å². The quantitative estimate of drug-likeness (QED) is 0.604. The predicted octanol–water partition coefficient (Wildman–Crippen LogP) is 4.42. The highest BCUT2D eigenvalue weighted by molar-refractivity contribution is 6.30. The lowest BCUT2D eigenvalue weighted by Crippen LogP contribution is -2.07.